The predicted molar refractivity (Wildman–Crippen MR) is 92.5 cm³/mol. The molecule has 7 nitrogen and oxygen atoms in total. The first-order valence-electron chi connectivity index (χ1n) is 7.73. The molecule has 1 atom stereocenters. The van der Waals surface area contributed by atoms with E-state index in [0.29, 0.717) is 11.6 Å². The van der Waals surface area contributed by atoms with Gasteiger partial charge in [0.25, 0.3) is 0 Å². The van der Waals surface area contributed by atoms with Gasteiger partial charge in [0.05, 0.1) is 22.9 Å². The Kier molecular flexibility index (Phi) is 4.66. The molecule has 1 unspecified atom stereocenters. The summed E-state index contributed by atoms with van der Waals surface area (Å²) in [4.78, 5) is 8.91. The number of sulfone groups is 1. The van der Waals surface area contributed by atoms with Crippen molar-refractivity contribution in [2.45, 2.75) is 53.1 Å². The van der Waals surface area contributed by atoms with Crippen LogP contribution >= 0.6 is 0 Å². The van der Waals surface area contributed by atoms with E-state index in [-0.39, 0.29) is 23.1 Å². The fourth-order valence-corrected chi connectivity index (χ4v) is 3.47. The molecule has 8 heteroatoms. The molecule has 0 aromatic carbocycles. The summed E-state index contributed by atoms with van der Waals surface area (Å²) in [6, 6.07) is -0.240. The van der Waals surface area contributed by atoms with Gasteiger partial charge < -0.3 is 5.32 Å². The van der Waals surface area contributed by atoms with Gasteiger partial charge in [0.2, 0.25) is 0 Å². The van der Waals surface area contributed by atoms with Crippen LogP contribution in [0.25, 0.3) is 11.0 Å². The van der Waals surface area contributed by atoms with Gasteiger partial charge in [0.15, 0.2) is 15.5 Å². The van der Waals surface area contributed by atoms with Crippen LogP contribution in [0.5, 0.6) is 0 Å². The molecule has 23 heavy (non-hydrogen) atoms. The van der Waals surface area contributed by atoms with Crippen molar-refractivity contribution in [1.29, 1.82) is 0 Å². The molecule has 0 saturated carbocycles. The second-order valence-electron chi connectivity index (χ2n) is 6.83. The Morgan fingerprint density at radius 3 is 2.52 bits per heavy atom. The number of fused-ring (bicyclic) bond motifs is 1. The highest BCUT2D eigenvalue weighted by molar-refractivity contribution is 7.91. The van der Waals surface area contributed by atoms with Crippen LogP contribution in [0.3, 0.4) is 0 Å². The third kappa shape index (κ3) is 3.99. The molecule has 128 valence electrons. The van der Waals surface area contributed by atoms with Crippen LogP contribution in [0.2, 0.25) is 0 Å². The standard InChI is InChI=1S/C15H25N5O2S/c1-7-23(21,22)9-10(2)17-13-12-8-16-20(15(4,5)6)14(12)19-11(3)18-13/h8,10H,7,9H2,1-6H3,(H,17,18,19). The number of anilines is 1. The van der Waals surface area contributed by atoms with E-state index >= 15 is 0 Å². The first-order chi connectivity index (χ1) is 10.5. The van der Waals surface area contributed by atoms with Gasteiger partial charge in [-0.2, -0.15) is 5.10 Å². The zero-order chi connectivity index (χ0) is 17.4. The maximum absolute atomic E-state index is 11.8. The number of aromatic nitrogens is 4. The first-order valence-corrected chi connectivity index (χ1v) is 9.55. The molecule has 0 aliphatic carbocycles. The molecule has 0 radical (unpaired) electrons. The van der Waals surface area contributed by atoms with Crippen molar-refractivity contribution in [3.63, 3.8) is 0 Å². The zero-order valence-electron chi connectivity index (χ0n) is 14.6. The minimum atomic E-state index is -3.05. The van der Waals surface area contributed by atoms with E-state index in [0.717, 1.165) is 11.0 Å². The average molecular weight is 339 g/mol. The summed E-state index contributed by atoms with van der Waals surface area (Å²) in [6.07, 6.45) is 1.73. The molecule has 0 bridgehead atoms. The Balaban J connectivity index is 2.40. The van der Waals surface area contributed by atoms with Crippen molar-refractivity contribution >= 4 is 26.7 Å². The molecule has 2 heterocycles. The summed E-state index contributed by atoms with van der Waals surface area (Å²) in [5.74, 6) is 1.46. The summed E-state index contributed by atoms with van der Waals surface area (Å²) in [7, 11) is -3.05. The van der Waals surface area contributed by atoms with Gasteiger partial charge in [-0.25, -0.2) is 23.1 Å². The van der Waals surface area contributed by atoms with Gasteiger partial charge in [-0.05, 0) is 34.6 Å². The molecule has 0 spiro atoms. The maximum atomic E-state index is 11.8. The number of hydrogen-bond acceptors (Lipinski definition) is 6. The average Bonchev–Trinajstić information content (AvgIpc) is 2.81. The molecule has 0 aliphatic rings. The van der Waals surface area contributed by atoms with Crippen LogP contribution in [0.1, 0.15) is 40.4 Å². The van der Waals surface area contributed by atoms with Crippen molar-refractivity contribution in [2.24, 2.45) is 0 Å². The number of rotatable bonds is 5. The second-order valence-corrected chi connectivity index (χ2v) is 9.23. The van der Waals surface area contributed by atoms with E-state index in [4.69, 9.17) is 0 Å². The van der Waals surface area contributed by atoms with Gasteiger partial charge in [-0.15, -0.1) is 0 Å². The topological polar surface area (TPSA) is 89.8 Å². The number of nitrogens with one attached hydrogen (secondary N) is 1. The number of nitrogens with zero attached hydrogens (tertiary/aromatic N) is 4. The Hall–Kier alpha value is -1.70. The van der Waals surface area contributed by atoms with Crippen molar-refractivity contribution < 1.29 is 8.42 Å². The first kappa shape index (κ1) is 17.7. The van der Waals surface area contributed by atoms with Crippen molar-refractivity contribution in [3.8, 4) is 0 Å². The lowest BCUT2D eigenvalue weighted by atomic mass is 10.1. The minimum absolute atomic E-state index is 0.0709. The molecule has 2 aromatic heterocycles. The van der Waals surface area contributed by atoms with Crippen molar-refractivity contribution in [3.05, 3.63) is 12.0 Å². The van der Waals surface area contributed by atoms with Gasteiger partial charge in [0.1, 0.15) is 11.6 Å². The zero-order valence-corrected chi connectivity index (χ0v) is 15.4. The SMILES string of the molecule is CCS(=O)(=O)CC(C)Nc1nc(C)nc2c1cnn2C(C)(C)C. The second kappa shape index (κ2) is 6.07. The highest BCUT2D eigenvalue weighted by Gasteiger charge is 2.21. The van der Waals surface area contributed by atoms with Crippen LogP contribution in [-0.4, -0.2) is 45.7 Å². The van der Waals surface area contributed by atoms with E-state index in [1.54, 1.807) is 13.1 Å². The molecule has 1 N–H and O–H groups in total. The van der Waals surface area contributed by atoms with Crippen LogP contribution < -0.4 is 5.32 Å². The van der Waals surface area contributed by atoms with Gasteiger partial charge >= 0.3 is 0 Å². The minimum Gasteiger partial charge on any atom is -0.366 e. The van der Waals surface area contributed by atoms with E-state index in [1.807, 2.05) is 18.5 Å². The lowest BCUT2D eigenvalue weighted by Gasteiger charge is -2.20. The fraction of sp³-hybridized carbons (Fsp3) is 0.667. The van der Waals surface area contributed by atoms with E-state index < -0.39 is 9.84 Å². The Labute approximate surface area is 137 Å². The molecular weight excluding hydrogens is 314 g/mol. The predicted octanol–water partition coefficient (Wildman–Crippen LogP) is 2.12. The largest absolute Gasteiger partial charge is 0.366 e. The number of hydrogen-bond donors (Lipinski definition) is 1. The molecular formula is C15H25N5O2S. The third-order valence-electron chi connectivity index (χ3n) is 3.50. The molecule has 0 aliphatic heterocycles. The molecule has 0 saturated heterocycles. The molecule has 0 amide bonds. The molecule has 2 rings (SSSR count). The van der Waals surface area contributed by atoms with E-state index in [1.165, 1.54) is 0 Å². The Morgan fingerprint density at radius 1 is 1.30 bits per heavy atom. The van der Waals surface area contributed by atoms with Crippen LogP contribution in [-0.2, 0) is 15.4 Å². The highest BCUT2D eigenvalue weighted by atomic mass is 32.2. The van der Waals surface area contributed by atoms with E-state index in [2.05, 4.69) is 41.2 Å². The summed E-state index contributed by atoms with van der Waals surface area (Å²) >= 11 is 0. The smallest absolute Gasteiger partial charge is 0.164 e. The highest BCUT2D eigenvalue weighted by Crippen LogP contribution is 2.25. The summed E-state index contributed by atoms with van der Waals surface area (Å²) in [5, 5.41) is 8.42. The van der Waals surface area contributed by atoms with Gasteiger partial charge in [0, 0.05) is 11.8 Å². The van der Waals surface area contributed by atoms with Crippen LogP contribution in [0, 0.1) is 6.92 Å². The quantitative estimate of drug-likeness (QED) is 0.897. The lowest BCUT2D eigenvalue weighted by molar-refractivity contribution is 0.365. The maximum Gasteiger partial charge on any atom is 0.164 e. The Bertz CT molecular complexity index is 805. The van der Waals surface area contributed by atoms with Crippen LogP contribution in [0.4, 0.5) is 5.82 Å². The fourth-order valence-electron chi connectivity index (χ4n) is 2.39. The van der Waals surface area contributed by atoms with Gasteiger partial charge in [-0.3, -0.25) is 0 Å². The summed E-state index contributed by atoms with van der Waals surface area (Å²) < 4.78 is 25.4. The van der Waals surface area contributed by atoms with E-state index in [9.17, 15) is 8.42 Å². The summed E-state index contributed by atoms with van der Waals surface area (Å²) in [6.45, 7) is 11.5. The Morgan fingerprint density at radius 2 is 1.96 bits per heavy atom. The van der Waals surface area contributed by atoms with Gasteiger partial charge in [-0.1, -0.05) is 6.92 Å². The molecule has 0 fully saturated rings. The summed E-state index contributed by atoms with van der Waals surface area (Å²) in [5.41, 5.74) is 0.551. The van der Waals surface area contributed by atoms with Crippen molar-refractivity contribution in [1.82, 2.24) is 19.7 Å². The number of aryl methyl sites for hydroxylation is 1. The monoisotopic (exact) mass is 339 g/mol. The van der Waals surface area contributed by atoms with Crippen molar-refractivity contribution in [2.75, 3.05) is 16.8 Å². The molecule has 2 aromatic rings. The lowest BCUT2D eigenvalue weighted by Crippen LogP contribution is -2.27. The van der Waals surface area contributed by atoms with Crippen LogP contribution in [0.15, 0.2) is 6.20 Å². The third-order valence-corrected chi connectivity index (χ3v) is 5.39. The normalized spacial score (nSPS) is 14.2.